The molecular formula is C9H8N4S2. The summed E-state index contributed by atoms with van der Waals surface area (Å²) in [6.07, 6.45) is 0. The number of benzene rings is 1. The van der Waals surface area contributed by atoms with Crippen LogP contribution in [0.4, 0.5) is 11.4 Å². The zero-order chi connectivity index (χ0) is 10.4. The molecule has 1 aromatic carbocycles. The normalized spacial score (nSPS) is 13.5. The summed E-state index contributed by atoms with van der Waals surface area (Å²) in [5.41, 5.74) is 5.00. The van der Waals surface area contributed by atoms with Crippen LogP contribution in [0.1, 0.15) is 25.3 Å². The zero-order valence-electron chi connectivity index (χ0n) is 8.26. The maximum Gasteiger partial charge on any atom is 0.110 e. The number of hydrogen-bond acceptors (Lipinski definition) is 5. The summed E-state index contributed by atoms with van der Waals surface area (Å²) in [5, 5.41) is 0. The SMILES string of the molecule is CC(C)c1c2c(cc3nsnc13)N=S=N2. The monoisotopic (exact) mass is 236 g/mol. The van der Waals surface area contributed by atoms with E-state index in [4.69, 9.17) is 0 Å². The van der Waals surface area contributed by atoms with Crippen molar-refractivity contribution in [3.63, 3.8) is 0 Å². The van der Waals surface area contributed by atoms with Crippen molar-refractivity contribution in [1.82, 2.24) is 8.75 Å². The lowest BCUT2D eigenvalue weighted by Crippen LogP contribution is -1.90. The first-order chi connectivity index (χ1) is 7.27. The minimum atomic E-state index is 0.393. The van der Waals surface area contributed by atoms with Gasteiger partial charge in [-0.3, -0.25) is 0 Å². The van der Waals surface area contributed by atoms with Crippen LogP contribution in [0.2, 0.25) is 0 Å². The largest absolute Gasteiger partial charge is 0.173 e. The van der Waals surface area contributed by atoms with Gasteiger partial charge in [0.25, 0.3) is 0 Å². The van der Waals surface area contributed by atoms with Crippen molar-refractivity contribution in [3.8, 4) is 0 Å². The summed E-state index contributed by atoms with van der Waals surface area (Å²) in [6.45, 7) is 4.29. The Labute approximate surface area is 94.6 Å². The van der Waals surface area contributed by atoms with Crippen molar-refractivity contribution in [3.05, 3.63) is 11.6 Å². The maximum atomic E-state index is 4.34. The number of hydrogen-bond donors (Lipinski definition) is 0. The van der Waals surface area contributed by atoms with Gasteiger partial charge in [-0.05, 0) is 12.0 Å². The van der Waals surface area contributed by atoms with E-state index in [1.165, 1.54) is 28.6 Å². The quantitative estimate of drug-likeness (QED) is 0.648. The van der Waals surface area contributed by atoms with Crippen LogP contribution in [0.25, 0.3) is 11.0 Å². The van der Waals surface area contributed by atoms with Gasteiger partial charge in [0.2, 0.25) is 0 Å². The van der Waals surface area contributed by atoms with Crippen molar-refractivity contribution in [1.29, 1.82) is 0 Å². The molecule has 0 amide bonds. The summed E-state index contributed by atoms with van der Waals surface area (Å²) in [4.78, 5) is 0. The van der Waals surface area contributed by atoms with E-state index in [0.29, 0.717) is 5.92 Å². The molecule has 0 radical (unpaired) electrons. The molecule has 0 bridgehead atoms. The van der Waals surface area contributed by atoms with Crippen LogP contribution >= 0.6 is 11.7 Å². The molecule has 2 aromatic rings. The minimum Gasteiger partial charge on any atom is -0.173 e. The smallest absolute Gasteiger partial charge is 0.110 e. The molecule has 0 atom stereocenters. The summed E-state index contributed by atoms with van der Waals surface area (Å²) >= 11 is 2.49. The van der Waals surface area contributed by atoms with E-state index < -0.39 is 0 Å². The van der Waals surface area contributed by atoms with Crippen LogP contribution in [-0.2, 0) is 11.4 Å². The number of fused-ring (bicyclic) bond motifs is 2. The van der Waals surface area contributed by atoms with Crippen molar-refractivity contribution in [2.75, 3.05) is 0 Å². The highest BCUT2D eigenvalue weighted by Gasteiger charge is 2.19. The summed E-state index contributed by atoms with van der Waals surface area (Å²) in [6, 6.07) is 1.96. The predicted molar refractivity (Wildman–Crippen MR) is 63.0 cm³/mol. The lowest BCUT2D eigenvalue weighted by molar-refractivity contribution is 0.875. The van der Waals surface area contributed by atoms with Crippen LogP contribution in [0.15, 0.2) is 14.8 Å². The third kappa shape index (κ3) is 1.25. The van der Waals surface area contributed by atoms with Gasteiger partial charge < -0.3 is 0 Å². The third-order valence-electron chi connectivity index (χ3n) is 2.39. The van der Waals surface area contributed by atoms with Crippen LogP contribution in [0.3, 0.4) is 0 Å². The van der Waals surface area contributed by atoms with Gasteiger partial charge in [0.1, 0.15) is 22.4 Å². The molecule has 2 heterocycles. The molecule has 76 valence electrons. The van der Waals surface area contributed by atoms with Crippen LogP contribution in [0.5, 0.6) is 0 Å². The highest BCUT2D eigenvalue weighted by Crippen LogP contribution is 2.42. The van der Waals surface area contributed by atoms with Gasteiger partial charge in [0.15, 0.2) is 0 Å². The fourth-order valence-corrected chi connectivity index (χ4v) is 2.83. The molecule has 15 heavy (non-hydrogen) atoms. The van der Waals surface area contributed by atoms with E-state index in [9.17, 15) is 0 Å². The Morgan fingerprint density at radius 3 is 2.87 bits per heavy atom. The van der Waals surface area contributed by atoms with Crippen molar-refractivity contribution in [2.24, 2.45) is 8.73 Å². The van der Waals surface area contributed by atoms with Gasteiger partial charge in [-0.25, -0.2) is 0 Å². The molecule has 1 aliphatic rings. The first kappa shape index (κ1) is 9.11. The fourth-order valence-electron chi connectivity index (χ4n) is 1.74. The Morgan fingerprint density at radius 2 is 2.07 bits per heavy atom. The van der Waals surface area contributed by atoms with Gasteiger partial charge in [-0.1, -0.05) is 13.8 Å². The second kappa shape index (κ2) is 3.18. The Hall–Kier alpha value is -1.14. The van der Waals surface area contributed by atoms with Crippen LogP contribution in [-0.4, -0.2) is 8.75 Å². The molecule has 0 spiro atoms. The van der Waals surface area contributed by atoms with Gasteiger partial charge in [-0.2, -0.15) is 17.5 Å². The fraction of sp³-hybridized carbons (Fsp3) is 0.333. The van der Waals surface area contributed by atoms with Gasteiger partial charge in [-0.15, -0.1) is 0 Å². The maximum absolute atomic E-state index is 4.34. The predicted octanol–water partition coefficient (Wildman–Crippen LogP) is 3.54. The van der Waals surface area contributed by atoms with E-state index in [2.05, 4.69) is 31.3 Å². The van der Waals surface area contributed by atoms with E-state index in [1.807, 2.05) is 6.07 Å². The summed E-state index contributed by atoms with van der Waals surface area (Å²) in [5.74, 6) is 0.393. The minimum absolute atomic E-state index is 0.393. The molecule has 3 rings (SSSR count). The van der Waals surface area contributed by atoms with Crippen molar-refractivity contribution in [2.45, 2.75) is 19.8 Å². The molecule has 1 aliphatic heterocycles. The average Bonchev–Trinajstić information content (AvgIpc) is 2.79. The Kier molecular flexibility index (Phi) is 1.93. The molecule has 0 saturated carbocycles. The second-order valence-corrected chi connectivity index (χ2v) is 4.77. The van der Waals surface area contributed by atoms with Crippen molar-refractivity contribution >= 4 is 45.5 Å². The first-order valence-corrected chi connectivity index (χ1v) is 6.11. The lowest BCUT2D eigenvalue weighted by atomic mass is 9.98. The van der Waals surface area contributed by atoms with E-state index in [-0.39, 0.29) is 0 Å². The van der Waals surface area contributed by atoms with Gasteiger partial charge in [0, 0.05) is 5.56 Å². The zero-order valence-corrected chi connectivity index (χ0v) is 9.89. The summed E-state index contributed by atoms with van der Waals surface area (Å²) < 4.78 is 17.2. The average molecular weight is 236 g/mol. The van der Waals surface area contributed by atoms with E-state index in [0.717, 1.165) is 22.4 Å². The van der Waals surface area contributed by atoms with Crippen LogP contribution < -0.4 is 0 Å². The molecular weight excluding hydrogens is 228 g/mol. The van der Waals surface area contributed by atoms with Gasteiger partial charge in [0.05, 0.1) is 23.1 Å². The Balaban J connectivity index is 2.46. The highest BCUT2D eigenvalue weighted by molar-refractivity contribution is 7.58. The second-order valence-electron chi connectivity index (χ2n) is 3.71. The first-order valence-electron chi connectivity index (χ1n) is 4.65. The van der Waals surface area contributed by atoms with Crippen molar-refractivity contribution < 1.29 is 0 Å². The topological polar surface area (TPSA) is 50.5 Å². The molecule has 6 heteroatoms. The lowest BCUT2D eigenvalue weighted by Gasteiger charge is -2.08. The number of nitrogens with zero attached hydrogens (tertiary/aromatic N) is 4. The molecule has 0 unspecified atom stereocenters. The molecule has 0 fully saturated rings. The Bertz CT molecular complexity index is 608. The molecule has 0 saturated heterocycles. The van der Waals surface area contributed by atoms with E-state index >= 15 is 0 Å². The molecule has 4 nitrogen and oxygen atoms in total. The Morgan fingerprint density at radius 1 is 1.20 bits per heavy atom. The van der Waals surface area contributed by atoms with E-state index in [1.54, 1.807) is 0 Å². The number of aromatic nitrogens is 2. The highest BCUT2D eigenvalue weighted by atomic mass is 32.1. The van der Waals surface area contributed by atoms with Gasteiger partial charge >= 0.3 is 0 Å². The number of rotatable bonds is 1. The molecule has 0 N–H and O–H groups in total. The summed E-state index contributed by atoms with van der Waals surface area (Å²) in [7, 11) is 0. The molecule has 1 aromatic heterocycles. The van der Waals surface area contributed by atoms with Crippen LogP contribution in [0, 0.1) is 0 Å². The molecule has 0 aliphatic carbocycles. The standard InChI is InChI=1S/C9H8N4S2/c1-4(2)7-8-5(10-14-12-8)3-6-9(7)13-15-11-6/h3-4H,1-2H3. The third-order valence-corrected chi connectivity index (χ3v) is 3.47.